The first-order valence-electron chi connectivity index (χ1n) is 5.98. The van der Waals surface area contributed by atoms with Crippen molar-refractivity contribution >= 4 is 34.5 Å². The zero-order valence-corrected chi connectivity index (χ0v) is 12.4. The van der Waals surface area contributed by atoms with Crippen molar-refractivity contribution in [3.05, 3.63) is 27.8 Å². The van der Waals surface area contributed by atoms with Gasteiger partial charge in [-0.25, -0.2) is 4.79 Å². The summed E-state index contributed by atoms with van der Waals surface area (Å²) >= 11 is 2.18. The molecule has 1 N–H and O–H groups in total. The molecular formula is C13H14INO4. The summed E-state index contributed by atoms with van der Waals surface area (Å²) in [4.78, 5) is 24.3. The number of carboxylic acids is 1. The number of carbonyl (C=O) groups excluding carboxylic acids is 1. The van der Waals surface area contributed by atoms with Gasteiger partial charge in [0.1, 0.15) is 11.8 Å². The van der Waals surface area contributed by atoms with E-state index in [-0.39, 0.29) is 12.5 Å². The first kappa shape index (κ1) is 14.1. The Morgan fingerprint density at radius 1 is 1.37 bits per heavy atom. The molecule has 0 aromatic heterocycles. The zero-order valence-electron chi connectivity index (χ0n) is 10.2. The number of carboxylic acid groups (broad SMARTS) is 1. The lowest BCUT2D eigenvalue weighted by atomic mass is 10.2. The molecule has 1 aliphatic heterocycles. The van der Waals surface area contributed by atoms with Crippen molar-refractivity contribution in [1.82, 2.24) is 4.90 Å². The average molecular weight is 375 g/mol. The van der Waals surface area contributed by atoms with Crippen LogP contribution in [0.5, 0.6) is 5.75 Å². The number of rotatable bonds is 4. The summed E-state index contributed by atoms with van der Waals surface area (Å²) in [5.74, 6) is -0.608. The predicted molar refractivity (Wildman–Crippen MR) is 77.0 cm³/mol. The highest BCUT2D eigenvalue weighted by molar-refractivity contribution is 14.1. The van der Waals surface area contributed by atoms with Crippen LogP contribution in [-0.4, -0.2) is 41.1 Å². The summed E-state index contributed by atoms with van der Waals surface area (Å²) in [5, 5.41) is 9.01. The van der Waals surface area contributed by atoms with E-state index in [1.54, 1.807) is 12.1 Å². The second-order valence-corrected chi connectivity index (χ2v) is 5.57. The van der Waals surface area contributed by atoms with Crippen molar-refractivity contribution in [3.8, 4) is 5.75 Å². The standard InChI is InChI=1S/C13H14INO4/c14-9-3-5-10(6-4-9)19-8-12(16)15-7-1-2-11(15)13(17)18/h3-6,11H,1-2,7-8H2,(H,17,18)/t11-/m1/s1. The minimum Gasteiger partial charge on any atom is -0.484 e. The Morgan fingerprint density at radius 2 is 2.05 bits per heavy atom. The molecule has 19 heavy (non-hydrogen) atoms. The molecule has 1 aromatic carbocycles. The molecule has 1 amide bonds. The van der Waals surface area contributed by atoms with Gasteiger partial charge in [0, 0.05) is 10.1 Å². The fourth-order valence-electron chi connectivity index (χ4n) is 2.08. The molecule has 0 bridgehead atoms. The molecule has 0 radical (unpaired) electrons. The van der Waals surface area contributed by atoms with Crippen molar-refractivity contribution < 1.29 is 19.4 Å². The van der Waals surface area contributed by atoms with Crippen molar-refractivity contribution in [2.24, 2.45) is 0 Å². The van der Waals surface area contributed by atoms with Crippen LogP contribution in [0.2, 0.25) is 0 Å². The molecule has 1 fully saturated rings. The number of halogens is 1. The van der Waals surface area contributed by atoms with Crippen molar-refractivity contribution in [2.75, 3.05) is 13.2 Å². The fourth-order valence-corrected chi connectivity index (χ4v) is 2.44. The molecular weight excluding hydrogens is 361 g/mol. The molecule has 0 spiro atoms. The molecule has 1 saturated heterocycles. The molecule has 6 heteroatoms. The van der Waals surface area contributed by atoms with Gasteiger partial charge in [-0.05, 0) is 59.7 Å². The molecule has 1 aliphatic rings. The maximum absolute atomic E-state index is 11.9. The Labute approximate surface area is 124 Å². The van der Waals surface area contributed by atoms with E-state index in [9.17, 15) is 9.59 Å². The molecule has 0 saturated carbocycles. The Hall–Kier alpha value is -1.31. The summed E-state index contributed by atoms with van der Waals surface area (Å²) in [6.45, 7) is 0.371. The first-order valence-corrected chi connectivity index (χ1v) is 7.06. The SMILES string of the molecule is O=C(O)[C@H]1CCCN1C(=O)COc1ccc(I)cc1. The Kier molecular flexibility index (Phi) is 4.62. The van der Waals surface area contributed by atoms with Crippen molar-refractivity contribution in [2.45, 2.75) is 18.9 Å². The maximum atomic E-state index is 11.9. The monoisotopic (exact) mass is 375 g/mol. The van der Waals surface area contributed by atoms with Crippen LogP contribution < -0.4 is 4.74 Å². The number of nitrogens with zero attached hydrogens (tertiary/aromatic N) is 1. The van der Waals surface area contributed by atoms with E-state index in [4.69, 9.17) is 9.84 Å². The third-order valence-corrected chi connectivity index (χ3v) is 3.75. The lowest BCUT2D eigenvalue weighted by molar-refractivity contribution is -0.148. The van der Waals surface area contributed by atoms with E-state index in [1.807, 2.05) is 12.1 Å². The van der Waals surface area contributed by atoms with E-state index >= 15 is 0 Å². The van der Waals surface area contributed by atoms with E-state index in [2.05, 4.69) is 22.6 Å². The number of benzene rings is 1. The van der Waals surface area contributed by atoms with Crippen LogP contribution in [-0.2, 0) is 9.59 Å². The molecule has 1 atom stereocenters. The minimum absolute atomic E-state index is 0.121. The molecule has 0 unspecified atom stereocenters. The number of hydrogen-bond acceptors (Lipinski definition) is 3. The smallest absolute Gasteiger partial charge is 0.326 e. The normalized spacial score (nSPS) is 18.4. The zero-order chi connectivity index (χ0) is 13.8. The van der Waals surface area contributed by atoms with Gasteiger partial charge >= 0.3 is 5.97 Å². The van der Waals surface area contributed by atoms with E-state index in [0.717, 1.165) is 9.99 Å². The average Bonchev–Trinajstić information content (AvgIpc) is 2.87. The Bertz CT molecular complexity index is 474. The third kappa shape index (κ3) is 3.59. The molecule has 0 aliphatic carbocycles. The van der Waals surface area contributed by atoms with Crippen LogP contribution in [0.4, 0.5) is 0 Å². The number of aliphatic carboxylic acids is 1. The second-order valence-electron chi connectivity index (χ2n) is 4.33. The number of likely N-dealkylation sites (tertiary alicyclic amines) is 1. The van der Waals surface area contributed by atoms with Gasteiger partial charge in [-0.2, -0.15) is 0 Å². The van der Waals surface area contributed by atoms with Crippen LogP contribution >= 0.6 is 22.6 Å². The van der Waals surface area contributed by atoms with Crippen LogP contribution in [0.15, 0.2) is 24.3 Å². The predicted octanol–water partition coefficient (Wildman–Crippen LogP) is 1.75. The van der Waals surface area contributed by atoms with Gasteiger partial charge in [-0.1, -0.05) is 0 Å². The van der Waals surface area contributed by atoms with Gasteiger partial charge in [0.15, 0.2) is 6.61 Å². The summed E-state index contributed by atoms with van der Waals surface area (Å²) in [7, 11) is 0. The highest BCUT2D eigenvalue weighted by atomic mass is 127. The highest BCUT2D eigenvalue weighted by Crippen LogP contribution is 2.18. The minimum atomic E-state index is -0.944. The molecule has 1 heterocycles. The van der Waals surface area contributed by atoms with Crippen LogP contribution in [0.25, 0.3) is 0 Å². The van der Waals surface area contributed by atoms with Gasteiger partial charge in [-0.3, -0.25) is 4.79 Å². The number of amides is 1. The molecule has 2 rings (SSSR count). The third-order valence-electron chi connectivity index (χ3n) is 3.03. The van der Waals surface area contributed by atoms with E-state index < -0.39 is 12.0 Å². The maximum Gasteiger partial charge on any atom is 0.326 e. The van der Waals surface area contributed by atoms with Gasteiger partial charge in [-0.15, -0.1) is 0 Å². The second kappa shape index (κ2) is 6.23. The Balaban J connectivity index is 1.90. The van der Waals surface area contributed by atoms with Crippen molar-refractivity contribution in [3.63, 3.8) is 0 Å². The van der Waals surface area contributed by atoms with Gasteiger partial charge in [0.25, 0.3) is 5.91 Å². The quantitative estimate of drug-likeness (QED) is 0.815. The van der Waals surface area contributed by atoms with Gasteiger partial charge in [0.05, 0.1) is 0 Å². The van der Waals surface area contributed by atoms with Gasteiger partial charge in [0.2, 0.25) is 0 Å². The number of hydrogen-bond donors (Lipinski definition) is 1. The topological polar surface area (TPSA) is 66.8 Å². The molecule has 102 valence electrons. The first-order chi connectivity index (χ1) is 9.08. The molecule has 5 nitrogen and oxygen atoms in total. The Morgan fingerprint density at radius 3 is 2.68 bits per heavy atom. The van der Waals surface area contributed by atoms with E-state index in [1.165, 1.54) is 4.90 Å². The lowest BCUT2D eigenvalue weighted by Crippen LogP contribution is -2.42. The summed E-state index contributed by atoms with van der Waals surface area (Å²) in [6.07, 6.45) is 1.25. The van der Waals surface area contributed by atoms with Crippen LogP contribution in [0.1, 0.15) is 12.8 Å². The van der Waals surface area contributed by atoms with Crippen LogP contribution in [0, 0.1) is 3.57 Å². The fraction of sp³-hybridized carbons (Fsp3) is 0.385. The summed E-state index contributed by atoms with van der Waals surface area (Å²) < 4.78 is 6.46. The largest absolute Gasteiger partial charge is 0.484 e. The van der Waals surface area contributed by atoms with Gasteiger partial charge < -0.3 is 14.7 Å². The lowest BCUT2D eigenvalue weighted by Gasteiger charge is -2.21. The highest BCUT2D eigenvalue weighted by Gasteiger charge is 2.33. The number of ether oxygens (including phenoxy) is 1. The molecule has 1 aromatic rings. The summed E-state index contributed by atoms with van der Waals surface area (Å²) in [5.41, 5.74) is 0. The number of carbonyl (C=O) groups is 2. The summed E-state index contributed by atoms with van der Waals surface area (Å²) in [6, 6.07) is 6.64. The van der Waals surface area contributed by atoms with Crippen LogP contribution in [0.3, 0.4) is 0 Å². The van der Waals surface area contributed by atoms with Crippen molar-refractivity contribution in [1.29, 1.82) is 0 Å². The van der Waals surface area contributed by atoms with E-state index in [0.29, 0.717) is 18.7 Å².